The summed E-state index contributed by atoms with van der Waals surface area (Å²) in [6, 6.07) is 6.73. The lowest BCUT2D eigenvalue weighted by Crippen LogP contribution is -2.27. The number of carboxylic acid groups (broad SMARTS) is 1. The van der Waals surface area contributed by atoms with E-state index in [4.69, 9.17) is 10.8 Å². The van der Waals surface area contributed by atoms with Crippen molar-refractivity contribution in [3.8, 4) is 0 Å². The SMILES string of the molecule is NCCc1cccc(C(O)C(O)C(=O)O)c1. The molecule has 5 nitrogen and oxygen atoms in total. The van der Waals surface area contributed by atoms with Crippen molar-refractivity contribution in [3.63, 3.8) is 0 Å². The predicted molar refractivity (Wildman–Crippen MR) is 57.8 cm³/mol. The molecule has 0 heterocycles. The number of rotatable bonds is 5. The highest BCUT2D eigenvalue weighted by Gasteiger charge is 2.24. The van der Waals surface area contributed by atoms with Crippen molar-refractivity contribution in [2.24, 2.45) is 5.73 Å². The Hall–Kier alpha value is -1.43. The molecule has 0 aromatic heterocycles. The van der Waals surface area contributed by atoms with Crippen molar-refractivity contribution in [2.45, 2.75) is 18.6 Å². The van der Waals surface area contributed by atoms with Crippen LogP contribution < -0.4 is 5.73 Å². The van der Waals surface area contributed by atoms with Gasteiger partial charge in [0.1, 0.15) is 6.10 Å². The summed E-state index contributed by atoms with van der Waals surface area (Å²) in [4.78, 5) is 10.5. The maximum atomic E-state index is 10.5. The maximum Gasteiger partial charge on any atom is 0.335 e. The van der Waals surface area contributed by atoms with E-state index in [1.807, 2.05) is 6.07 Å². The molecule has 5 heteroatoms. The van der Waals surface area contributed by atoms with Crippen LogP contribution in [0.25, 0.3) is 0 Å². The van der Waals surface area contributed by atoms with Crippen molar-refractivity contribution in [3.05, 3.63) is 35.4 Å². The van der Waals surface area contributed by atoms with Gasteiger partial charge in [-0.25, -0.2) is 4.79 Å². The van der Waals surface area contributed by atoms with Crippen LogP contribution in [0.4, 0.5) is 0 Å². The van der Waals surface area contributed by atoms with Gasteiger partial charge in [0, 0.05) is 0 Å². The molecule has 5 N–H and O–H groups in total. The van der Waals surface area contributed by atoms with Gasteiger partial charge in [0.2, 0.25) is 0 Å². The van der Waals surface area contributed by atoms with Gasteiger partial charge in [-0.05, 0) is 24.1 Å². The van der Waals surface area contributed by atoms with Gasteiger partial charge in [-0.1, -0.05) is 24.3 Å². The highest BCUT2D eigenvalue weighted by molar-refractivity contribution is 5.73. The van der Waals surface area contributed by atoms with E-state index in [9.17, 15) is 15.0 Å². The maximum absolute atomic E-state index is 10.5. The molecule has 0 radical (unpaired) electrons. The number of benzene rings is 1. The minimum Gasteiger partial charge on any atom is -0.479 e. The number of aliphatic hydroxyl groups is 2. The van der Waals surface area contributed by atoms with E-state index in [0.717, 1.165) is 5.56 Å². The predicted octanol–water partition coefficient (Wildman–Crippen LogP) is -0.333. The Labute approximate surface area is 93.1 Å². The number of carboxylic acids is 1. The second kappa shape index (κ2) is 5.60. The van der Waals surface area contributed by atoms with Gasteiger partial charge in [-0.2, -0.15) is 0 Å². The zero-order valence-corrected chi connectivity index (χ0v) is 8.71. The van der Waals surface area contributed by atoms with Crippen LogP contribution in [-0.2, 0) is 11.2 Å². The third kappa shape index (κ3) is 3.03. The zero-order chi connectivity index (χ0) is 12.1. The normalized spacial score (nSPS) is 14.4. The second-order valence-electron chi connectivity index (χ2n) is 3.51. The van der Waals surface area contributed by atoms with Crippen LogP contribution in [0.3, 0.4) is 0 Å². The molecule has 0 aliphatic heterocycles. The first-order valence-electron chi connectivity index (χ1n) is 4.94. The van der Waals surface area contributed by atoms with Gasteiger partial charge >= 0.3 is 5.97 Å². The van der Waals surface area contributed by atoms with Crippen LogP contribution in [0, 0.1) is 0 Å². The smallest absolute Gasteiger partial charge is 0.335 e. The first kappa shape index (κ1) is 12.6. The molecule has 0 spiro atoms. The Morgan fingerprint density at radius 3 is 2.62 bits per heavy atom. The van der Waals surface area contributed by atoms with Crippen molar-refractivity contribution in [2.75, 3.05) is 6.54 Å². The molecular weight excluding hydrogens is 210 g/mol. The molecule has 88 valence electrons. The van der Waals surface area contributed by atoms with E-state index in [1.165, 1.54) is 0 Å². The fourth-order valence-electron chi connectivity index (χ4n) is 1.42. The van der Waals surface area contributed by atoms with E-state index < -0.39 is 18.2 Å². The minimum atomic E-state index is -1.81. The van der Waals surface area contributed by atoms with Crippen molar-refractivity contribution in [1.82, 2.24) is 0 Å². The van der Waals surface area contributed by atoms with Crippen LogP contribution in [0.15, 0.2) is 24.3 Å². The summed E-state index contributed by atoms with van der Waals surface area (Å²) in [7, 11) is 0. The molecule has 0 amide bonds. The number of hydrogen-bond acceptors (Lipinski definition) is 4. The molecular formula is C11H15NO4. The van der Waals surface area contributed by atoms with Gasteiger partial charge in [0.05, 0.1) is 0 Å². The molecule has 0 saturated heterocycles. The summed E-state index contributed by atoms with van der Waals surface area (Å²) >= 11 is 0. The van der Waals surface area contributed by atoms with Crippen LogP contribution in [0.5, 0.6) is 0 Å². The van der Waals surface area contributed by atoms with Gasteiger partial charge in [0.15, 0.2) is 6.10 Å². The van der Waals surface area contributed by atoms with Gasteiger partial charge < -0.3 is 21.1 Å². The number of aliphatic hydroxyl groups excluding tert-OH is 2. The molecule has 1 aromatic carbocycles. The molecule has 0 fully saturated rings. The number of aliphatic carboxylic acids is 1. The van der Waals surface area contributed by atoms with E-state index in [-0.39, 0.29) is 0 Å². The molecule has 0 saturated carbocycles. The highest BCUT2D eigenvalue weighted by Crippen LogP contribution is 2.18. The zero-order valence-electron chi connectivity index (χ0n) is 8.71. The Kier molecular flexibility index (Phi) is 4.42. The van der Waals surface area contributed by atoms with Gasteiger partial charge in [-0.15, -0.1) is 0 Å². The Morgan fingerprint density at radius 1 is 1.38 bits per heavy atom. The molecule has 0 aliphatic carbocycles. The Morgan fingerprint density at radius 2 is 2.06 bits per heavy atom. The molecule has 0 aliphatic rings. The summed E-state index contributed by atoms with van der Waals surface area (Å²) in [5.41, 5.74) is 6.66. The standard InChI is InChI=1S/C11H15NO4/c12-5-4-7-2-1-3-8(6-7)9(13)10(14)11(15)16/h1-3,6,9-10,13-14H,4-5,12H2,(H,15,16). The van der Waals surface area contributed by atoms with Crippen LogP contribution in [0.1, 0.15) is 17.2 Å². The summed E-state index contributed by atoms with van der Waals surface area (Å²) < 4.78 is 0. The number of carbonyl (C=O) groups is 1. The second-order valence-corrected chi connectivity index (χ2v) is 3.51. The molecule has 2 atom stereocenters. The quantitative estimate of drug-likeness (QED) is 0.549. The molecule has 0 bridgehead atoms. The van der Waals surface area contributed by atoms with Gasteiger partial charge in [0.25, 0.3) is 0 Å². The topological polar surface area (TPSA) is 104 Å². The molecule has 1 aromatic rings. The van der Waals surface area contributed by atoms with Crippen molar-refractivity contribution < 1.29 is 20.1 Å². The average Bonchev–Trinajstić information content (AvgIpc) is 2.28. The number of hydrogen-bond donors (Lipinski definition) is 4. The van der Waals surface area contributed by atoms with Gasteiger partial charge in [-0.3, -0.25) is 0 Å². The van der Waals surface area contributed by atoms with E-state index in [0.29, 0.717) is 18.5 Å². The Balaban J connectivity index is 2.86. The summed E-state index contributed by atoms with van der Waals surface area (Å²) in [6.07, 6.45) is -2.59. The fourth-order valence-corrected chi connectivity index (χ4v) is 1.42. The summed E-state index contributed by atoms with van der Waals surface area (Å²) in [5, 5.41) is 27.3. The average molecular weight is 225 g/mol. The lowest BCUT2D eigenvalue weighted by Gasteiger charge is -2.15. The van der Waals surface area contributed by atoms with E-state index in [1.54, 1.807) is 18.2 Å². The summed E-state index contributed by atoms with van der Waals surface area (Å²) in [6.45, 7) is 0.473. The Bertz CT molecular complexity index is 367. The van der Waals surface area contributed by atoms with E-state index >= 15 is 0 Å². The monoisotopic (exact) mass is 225 g/mol. The van der Waals surface area contributed by atoms with Crippen LogP contribution in [-0.4, -0.2) is 33.9 Å². The highest BCUT2D eigenvalue weighted by atomic mass is 16.4. The summed E-state index contributed by atoms with van der Waals surface area (Å²) in [5.74, 6) is -1.45. The largest absolute Gasteiger partial charge is 0.479 e. The third-order valence-electron chi connectivity index (χ3n) is 2.28. The first-order valence-corrected chi connectivity index (χ1v) is 4.94. The van der Waals surface area contributed by atoms with Crippen LogP contribution in [0.2, 0.25) is 0 Å². The molecule has 16 heavy (non-hydrogen) atoms. The minimum absolute atomic E-state index is 0.376. The molecule has 1 rings (SSSR count). The fraction of sp³-hybridized carbons (Fsp3) is 0.364. The third-order valence-corrected chi connectivity index (χ3v) is 2.28. The van der Waals surface area contributed by atoms with Crippen LogP contribution >= 0.6 is 0 Å². The lowest BCUT2D eigenvalue weighted by molar-refractivity contribution is -0.153. The molecule has 2 unspecified atom stereocenters. The first-order chi connectivity index (χ1) is 7.56. The van der Waals surface area contributed by atoms with E-state index in [2.05, 4.69) is 0 Å². The number of nitrogens with two attached hydrogens (primary N) is 1. The lowest BCUT2D eigenvalue weighted by atomic mass is 10.0. The van der Waals surface area contributed by atoms with Crippen molar-refractivity contribution in [1.29, 1.82) is 0 Å². The van der Waals surface area contributed by atoms with Crippen molar-refractivity contribution >= 4 is 5.97 Å².